The summed E-state index contributed by atoms with van der Waals surface area (Å²) in [6.45, 7) is 1.35. The molecule has 0 rings (SSSR count). The molecule has 0 saturated heterocycles. The third-order valence-electron chi connectivity index (χ3n) is 4.11. The maximum atomic E-state index is 12.6. The van der Waals surface area contributed by atoms with Gasteiger partial charge in [0.05, 0.1) is 6.10 Å². The predicted molar refractivity (Wildman–Crippen MR) is 123 cm³/mol. The highest BCUT2D eigenvalue weighted by Gasteiger charge is 2.30. The lowest BCUT2D eigenvalue weighted by atomic mass is 10.1. The summed E-state index contributed by atoms with van der Waals surface area (Å²) < 4.78 is 0. The molecule has 0 aliphatic carbocycles. The Balaban J connectivity index is 5.18. The first kappa shape index (κ1) is 28.9. The van der Waals surface area contributed by atoms with E-state index in [4.69, 9.17) is 5.73 Å². The van der Waals surface area contributed by atoms with Gasteiger partial charge in [-0.2, -0.15) is 36.2 Å². The lowest BCUT2D eigenvalue weighted by molar-refractivity contribution is -0.142. The van der Waals surface area contributed by atoms with Gasteiger partial charge in [-0.3, -0.25) is 14.4 Å². The van der Waals surface area contributed by atoms with Crippen LogP contribution in [0.15, 0.2) is 0 Å². The Morgan fingerprint density at radius 1 is 0.900 bits per heavy atom. The summed E-state index contributed by atoms with van der Waals surface area (Å²) in [5.74, 6) is -2.12. The number of carboxylic acid groups (broad SMARTS) is 1. The lowest BCUT2D eigenvalue weighted by Crippen LogP contribution is -2.58. The molecule has 0 aliphatic heterocycles. The average Bonchev–Trinajstić information content (AvgIpc) is 2.70. The Bertz CT molecular complexity index is 582. The van der Waals surface area contributed by atoms with Crippen molar-refractivity contribution >= 4 is 59.8 Å². The smallest absolute Gasteiger partial charge is 0.326 e. The van der Waals surface area contributed by atoms with Crippen LogP contribution in [-0.2, 0) is 19.2 Å². The van der Waals surface area contributed by atoms with Crippen LogP contribution in [0.3, 0.4) is 0 Å². The predicted octanol–water partition coefficient (Wildman–Crippen LogP) is -1.33. The SMILES string of the molecule is CSCCC(NC(=O)C(CCSC)NC(=O)C(CS)NC(=O)C(N)C(C)O)C(=O)O. The van der Waals surface area contributed by atoms with Crippen molar-refractivity contribution in [2.24, 2.45) is 5.73 Å². The lowest BCUT2D eigenvalue weighted by Gasteiger charge is -2.24. The molecule has 0 fully saturated rings. The Hall–Kier alpha value is -1.15. The zero-order valence-corrected chi connectivity index (χ0v) is 19.8. The molecule has 0 bridgehead atoms. The highest BCUT2D eigenvalue weighted by Crippen LogP contribution is 2.06. The number of hydrogen-bond acceptors (Lipinski definition) is 9. The highest BCUT2D eigenvalue weighted by atomic mass is 32.2. The highest BCUT2D eigenvalue weighted by molar-refractivity contribution is 7.98. The van der Waals surface area contributed by atoms with Crippen molar-refractivity contribution in [3.8, 4) is 0 Å². The molecular formula is C17H32N4O6S3. The number of carbonyl (C=O) groups excluding carboxylic acids is 3. The molecule has 5 atom stereocenters. The Labute approximate surface area is 190 Å². The average molecular weight is 485 g/mol. The van der Waals surface area contributed by atoms with Gasteiger partial charge in [0, 0.05) is 5.75 Å². The first-order valence-electron chi connectivity index (χ1n) is 9.25. The van der Waals surface area contributed by atoms with E-state index in [-0.39, 0.29) is 18.6 Å². The molecule has 0 aliphatic rings. The van der Waals surface area contributed by atoms with E-state index in [0.29, 0.717) is 11.5 Å². The maximum Gasteiger partial charge on any atom is 0.326 e. The molecule has 0 radical (unpaired) electrons. The second-order valence-electron chi connectivity index (χ2n) is 6.53. The fourth-order valence-electron chi connectivity index (χ4n) is 2.22. The van der Waals surface area contributed by atoms with Crippen LogP contribution in [0, 0.1) is 0 Å². The monoisotopic (exact) mass is 484 g/mol. The zero-order valence-electron chi connectivity index (χ0n) is 17.3. The van der Waals surface area contributed by atoms with Crippen molar-refractivity contribution in [1.29, 1.82) is 0 Å². The molecule has 0 saturated carbocycles. The van der Waals surface area contributed by atoms with Crippen molar-refractivity contribution in [2.45, 2.75) is 50.0 Å². The molecule has 174 valence electrons. The van der Waals surface area contributed by atoms with Crippen LogP contribution >= 0.6 is 36.2 Å². The van der Waals surface area contributed by atoms with E-state index in [1.807, 2.05) is 12.5 Å². The summed E-state index contributed by atoms with van der Waals surface area (Å²) in [7, 11) is 0. The number of thioether (sulfide) groups is 2. The van der Waals surface area contributed by atoms with Gasteiger partial charge in [0.25, 0.3) is 0 Å². The maximum absolute atomic E-state index is 12.6. The van der Waals surface area contributed by atoms with Crippen LogP contribution in [0.1, 0.15) is 19.8 Å². The number of rotatable bonds is 15. The minimum Gasteiger partial charge on any atom is -0.480 e. The van der Waals surface area contributed by atoms with E-state index in [0.717, 1.165) is 0 Å². The van der Waals surface area contributed by atoms with Crippen LogP contribution in [-0.4, -0.2) is 93.9 Å². The van der Waals surface area contributed by atoms with E-state index in [1.54, 1.807) is 0 Å². The number of nitrogens with one attached hydrogen (secondary N) is 3. The van der Waals surface area contributed by atoms with Gasteiger partial charge < -0.3 is 31.9 Å². The summed E-state index contributed by atoms with van der Waals surface area (Å²) in [5, 5.41) is 26.1. The van der Waals surface area contributed by atoms with Gasteiger partial charge in [-0.1, -0.05) is 0 Å². The Kier molecular flexibility index (Phi) is 15.0. The van der Waals surface area contributed by atoms with Crippen molar-refractivity contribution in [3.05, 3.63) is 0 Å². The van der Waals surface area contributed by atoms with Crippen molar-refractivity contribution in [2.75, 3.05) is 29.8 Å². The summed E-state index contributed by atoms with van der Waals surface area (Å²) in [4.78, 5) is 48.6. The summed E-state index contributed by atoms with van der Waals surface area (Å²) in [6, 6.07) is -4.35. The van der Waals surface area contributed by atoms with Crippen LogP contribution < -0.4 is 21.7 Å². The molecule has 7 N–H and O–H groups in total. The van der Waals surface area contributed by atoms with Crippen molar-refractivity contribution in [3.63, 3.8) is 0 Å². The molecule has 30 heavy (non-hydrogen) atoms. The Morgan fingerprint density at radius 3 is 1.77 bits per heavy atom. The Morgan fingerprint density at radius 2 is 1.33 bits per heavy atom. The largest absolute Gasteiger partial charge is 0.480 e. The quantitative estimate of drug-likeness (QED) is 0.139. The van der Waals surface area contributed by atoms with E-state index in [9.17, 15) is 29.4 Å². The van der Waals surface area contributed by atoms with Gasteiger partial charge in [0.2, 0.25) is 17.7 Å². The number of carboxylic acids is 1. The van der Waals surface area contributed by atoms with E-state index in [2.05, 4.69) is 28.6 Å². The third kappa shape index (κ3) is 10.8. The molecule has 0 aromatic heterocycles. The van der Waals surface area contributed by atoms with Gasteiger partial charge >= 0.3 is 5.97 Å². The van der Waals surface area contributed by atoms with Crippen LogP contribution in [0.25, 0.3) is 0 Å². The van der Waals surface area contributed by atoms with Gasteiger partial charge in [-0.15, -0.1) is 0 Å². The minimum absolute atomic E-state index is 0.0631. The zero-order chi connectivity index (χ0) is 23.3. The van der Waals surface area contributed by atoms with Crippen LogP contribution in [0.4, 0.5) is 0 Å². The third-order valence-corrected chi connectivity index (χ3v) is 5.76. The number of aliphatic carboxylic acids is 1. The van der Waals surface area contributed by atoms with E-state index < -0.39 is 54.0 Å². The van der Waals surface area contributed by atoms with Crippen molar-refractivity contribution in [1.82, 2.24) is 16.0 Å². The van der Waals surface area contributed by atoms with Gasteiger partial charge in [0.1, 0.15) is 24.2 Å². The summed E-state index contributed by atoms with van der Waals surface area (Å²) in [5.41, 5.74) is 5.56. The van der Waals surface area contributed by atoms with Gasteiger partial charge in [-0.25, -0.2) is 4.79 Å². The summed E-state index contributed by atoms with van der Waals surface area (Å²) in [6.07, 6.45) is 3.08. The van der Waals surface area contributed by atoms with Crippen LogP contribution in [0.2, 0.25) is 0 Å². The normalized spacial score (nSPS) is 15.9. The minimum atomic E-state index is -1.22. The van der Waals surface area contributed by atoms with Crippen molar-refractivity contribution < 1.29 is 29.4 Å². The molecule has 5 unspecified atom stereocenters. The topological polar surface area (TPSA) is 171 Å². The van der Waals surface area contributed by atoms with Gasteiger partial charge in [-0.05, 0) is 43.8 Å². The second kappa shape index (κ2) is 15.6. The number of amides is 3. The van der Waals surface area contributed by atoms with E-state index >= 15 is 0 Å². The fourth-order valence-corrected chi connectivity index (χ4v) is 3.42. The molecule has 0 aromatic rings. The number of aliphatic hydroxyl groups excluding tert-OH is 1. The summed E-state index contributed by atoms with van der Waals surface area (Å²) >= 11 is 6.98. The van der Waals surface area contributed by atoms with Crippen LogP contribution in [0.5, 0.6) is 0 Å². The van der Waals surface area contributed by atoms with Gasteiger partial charge in [0.15, 0.2) is 0 Å². The first-order chi connectivity index (χ1) is 14.1. The number of aliphatic hydroxyl groups is 1. The molecule has 13 heteroatoms. The molecule has 3 amide bonds. The second-order valence-corrected chi connectivity index (χ2v) is 8.87. The molecule has 0 aromatic carbocycles. The molecule has 10 nitrogen and oxygen atoms in total. The number of nitrogens with two attached hydrogens (primary N) is 1. The number of hydrogen-bond donors (Lipinski definition) is 7. The first-order valence-corrected chi connectivity index (χ1v) is 12.7. The number of thiol groups is 1. The number of carbonyl (C=O) groups is 4. The molecular weight excluding hydrogens is 452 g/mol. The van der Waals surface area contributed by atoms with E-state index in [1.165, 1.54) is 30.4 Å². The molecule has 0 spiro atoms. The molecule has 0 heterocycles. The standard InChI is InChI=1S/C17H32N4O6S3/c1-9(22)13(18)16(25)21-12(8-28)15(24)19-10(4-6-29-2)14(23)20-11(17(26)27)5-7-30-3/h9-13,22,28H,4-8,18H2,1-3H3,(H,19,24)(H,20,23)(H,21,25)(H,26,27). The fraction of sp³-hybridized carbons (Fsp3) is 0.765.